The fourth-order valence-electron chi connectivity index (χ4n) is 3.63. The molecule has 2 aromatic carbocycles. The lowest BCUT2D eigenvalue weighted by molar-refractivity contribution is -0.275. The van der Waals surface area contributed by atoms with Gasteiger partial charge in [-0.05, 0) is 48.9 Å². The molecule has 31 heavy (non-hydrogen) atoms. The summed E-state index contributed by atoms with van der Waals surface area (Å²) >= 11 is 3.04. The van der Waals surface area contributed by atoms with Crippen molar-refractivity contribution in [2.75, 3.05) is 18.0 Å². The lowest BCUT2D eigenvalue weighted by Gasteiger charge is -2.21. The van der Waals surface area contributed by atoms with Crippen LogP contribution in [0.25, 0.3) is 10.9 Å². The highest BCUT2D eigenvalue weighted by Crippen LogP contribution is 2.33. The number of hydrogen-bond acceptors (Lipinski definition) is 5. The van der Waals surface area contributed by atoms with E-state index >= 15 is 0 Å². The highest BCUT2D eigenvalue weighted by atomic mass is 79.9. The third-order valence-corrected chi connectivity index (χ3v) is 6.95. The van der Waals surface area contributed by atoms with Gasteiger partial charge in [0.2, 0.25) is 10.0 Å². The number of aromatic nitrogens is 1. The fourth-order valence-corrected chi connectivity index (χ4v) is 5.34. The van der Waals surface area contributed by atoms with Gasteiger partial charge < -0.3 is 9.64 Å². The van der Waals surface area contributed by atoms with Gasteiger partial charge in [-0.1, -0.05) is 22.0 Å². The second-order valence-electron chi connectivity index (χ2n) is 7.04. The molecule has 0 aliphatic carbocycles. The van der Waals surface area contributed by atoms with Crippen LogP contribution in [0.2, 0.25) is 0 Å². The van der Waals surface area contributed by atoms with Crippen LogP contribution in [0.3, 0.4) is 0 Å². The van der Waals surface area contributed by atoms with Gasteiger partial charge in [0, 0.05) is 40.9 Å². The Morgan fingerprint density at radius 3 is 2.74 bits per heavy atom. The van der Waals surface area contributed by atoms with Gasteiger partial charge in [-0.3, -0.25) is 4.98 Å². The summed E-state index contributed by atoms with van der Waals surface area (Å²) in [5.41, 5.74) is 1.75. The van der Waals surface area contributed by atoms with Crippen LogP contribution >= 0.6 is 15.9 Å². The number of benzene rings is 2. The molecule has 6 nitrogen and oxygen atoms in total. The van der Waals surface area contributed by atoms with E-state index < -0.39 is 33.1 Å². The highest BCUT2D eigenvalue weighted by Gasteiger charge is 2.35. The number of sulfonamides is 1. The molecule has 3 aromatic rings. The van der Waals surface area contributed by atoms with Crippen molar-refractivity contribution < 1.29 is 26.3 Å². The van der Waals surface area contributed by atoms with E-state index in [1.807, 2.05) is 35.2 Å². The summed E-state index contributed by atoms with van der Waals surface area (Å²) in [4.78, 5) is 5.79. The van der Waals surface area contributed by atoms with E-state index in [9.17, 15) is 21.6 Å². The van der Waals surface area contributed by atoms with E-state index in [-0.39, 0.29) is 4.47 Å². The topological polar surface area (TPSA) is 71.5 Å². The standard InChI is InChI=1S/C20H17BrF3N3O3S/c21-13-6-7-19(18(11-13)30-20(22,23)24)31(28,29)26-14-8-10-27(12-14)17-5-1-4-16-15(17)3-2-9-25-16/h1-7,9,11,14,26H,8,10,12H2. The van der Waals surface area contributed by atoms with Crippen molar-refractivity contribution in [3.8, 4) is 5.75 Å². The summed E-state index contributed by atoms with van der Waals surface area (Å²) in [6, 6.07) is 12.4. The van der Waals surface area contributed by atoms with E-state index in [4.69, 9.17) is 0 Å². The average Bonchev–Trinajstić information content (AvgIpc) is 3.13. The van der Waals surface area contributed by atoms with Crippen molar-refractivity contribution >= 4 is 42.5 Å². The van der Waals surface area contributed by atoms with E-state index in [0.717, 1.165) is 28.7 Å². The van der Waals surface area contributed by atoms with Crippen LogP contribution in [0.15, 0.2) is 64.1 Å². The molecule has 4 rings (SSSR count). The molecule has 1 saturated heterocycles. The van der Waals surface area contributed by atoms with Crippen LogP contribution in [0.5, 0.6) is 5.75 Å². The fraction of sp³-hybridized carbons (Fsp3) is 0.250. The van der Waals surface area contributed by atoms with Crippen molar-refractivity contribution in [3.63, 3.8) is 0 Å². The molecule has 0 saturated carbocycles. The monoisotopic (exact) mass is 515 g/mol. The van der Waals surface area contributed by atoms with Gasteiger partial charge in [-0.15, -0.1) is 13.2 Å². The summed E-state index contributed by atoms with van der Waals surface area (Å²) in [6.07, 6.45) is -2.81. The highest BCUT2D eigenvalue weighted by molar-refractivity contribution is 9.10. The minimum atomic E-state index is -5.02. The van der Waals surface area contributed by atoms with Crippen LogP contribution in [0, 0.1) is 0 Å². The molecule has 2 heterocycles. The lowest BCUT2D eigenvalue weighted by atomic mass is 10.1. The Bertz CT molecular complexity index is 1220. The molecule has 1 atom stereocenters. The van der Waals surface area contributed by atoms with Gasteiger partial charge in [-0.25, -0.2) is 13.1 Å². The van der Waals surface area contributed by atoms with Gasteiger partial charge in [0.25, 0.3) is 0 Å². The Morgan fingerprint density at radius 1 is 1.16 bits per heavy atom. The first-order valence-electron chi connectivity index (χ1n) is 9.29. The number of nitrogens with zero attached hydrogens (tertiary/aromatic N) is 2. The molecule has 1 aliphatic heterocycles. The predicted molar refractivity (Wildman–Crippen MR) is 114 cm³/mol. The molecule has 11 heteroatoms. The SMILES string of the molecule is O=S(=O)(NC1CCN(c2cccc3ncccc23)C1)c1ccc(Br)cc1OC(F)(F)F. The summed E-state index contributed by atoms with van der Waals surface area (Å²) in [7, 11) is -4.25. The van der Waals surface area contributed by atoms with E-state index in [1.54, 1.807) is 6.20 Å². The molecule has 0 bridgehead atoms. The van der Waals surface area contributed by atoms with Crippen LogP contribution in [-0.2, 0) is 10.0 Å². The maximum atomic E-state index is 12.9. The second kappa shape index (κ2) is 8.29. The number of alkyl halides is 3. The molecule has 0 spiro atoms. The van der Waals surface area contributed by atoms with Crippen molar-refractivity contribution in [2.45, 2.75) is 23.7 Å². The number of anilines is 1. The minimum absolute atomic E-state index is 0.266. The first-order chi connectivity index (χ1) is 14.6. The van der Waals surface area contributed by atoms with E-state index in [0.29, 0.717) is 19.5 Å². The smallest absolute Gasteiger partial charge is 0.404 e. The zero-order chi connectivity index (χ0) is 22.2. The number of rotatable bonds is 5. The van der Waals surface area contributed by atoms with Crippen molar-refractivity contribution in [3.05, 3.63) is 59.2 Å². The van der Waals surface area contributed by atoms with Gasteiger partial charge in [0.15, 0.2) is 5.75 Å². The van der Waals surface area contributed by atoms with E-state index in [2.05, 4.69) is 30.4 Å². The third kappa shape index (κ3) is 4.94. The van der Waals surface area contributed by atoms with Crippen LogP contribution in [0.1, 0.15) is 6.42 Å². The first kappa shape index (κ1) is 21.8. The number of pyridine rings is 1. The molecule has 1 aromatic heterocycles. The molecular weight excluding hydrogens is 499 g/mol. The Balaban J connectivity index is 1.55. The lowest BCUT2D eigenvalue weighted by Crippen LogP contribution is -2.37. The summed E-state index contributed by atoms with van der Waals surface area (Å²) < 4.78 is 70.7. The van der Waals surface area contributed by atoms with Gasteiger partial charge in [0.1, 0.15) is 4.90 Å². The predicted octanol–water partition coefficient (Wildman–Crippen LogP) is 4.45. The Morgan fingerprint density at radius 2 is 1.97 bits per heavy atom. The van der Waals surface area contributed by atoms with Gasteiger partial charge in [0.05, 0.1) is 5.52 Å². The molecular formula is C20H17BrF3N3O3S. The second-order valence-corrected chi connectivity index (χ2v) is 9.64. The Labute approximate surface area is 185 Å². The Hall–Kier alpha value is -2.37. The summed E-state index contributed by atoms with van der Waals surface area (Å²) in [5.74, 6) is -0.788. The van der Waals surface area contributed by atoms with E-state index in [1.165, 1.54) is 6.07 Å². The number of halogens is 4. The number of nitrogens with one attached hydrogen (secondary N) is 1. The molecule has 1 N–H and O–H groups in total. The zero-order valence-corrected chi connectivity index (χ0v) is 18.3. The minimum Gasteiger partial charge on any atom is -0.404 e. The summed E-state index contributed by atoms with van der Waals surface area (Å²) in [6.45, 7) is 0.965. The molecule has 0 radical (unpaired) electrons. The number of hydrogen-bond donors (Lipinski definition) is 1. The molecule has 1 unspecified atom stereocenters. The third-order valence-electron chi connectivity index (χ3n) is 4.89. The van der Waals surface area contributed by atoms with Gasteiger partial charge >= 0.3 is 6.36 Å². The van der Waals surface area contributed by atoms with Gasteiger partial charge in [-0.2, -0.15) is 0 Å². The first-order valence-corrected chi connectivity index (χ1v) is 11.6. The maximum absolute atomic E-state index is 12.9. The van der Waals surface area contributed by atoms with Crippen molar-refractivity contribution in [1.82, 2.24) is 9.71 Å². The molecule has 1 fully saturated rings. The zero-order valence-electron chi connectivity index (χ0n) is 15.9. The Kier molecular flexibility index (Phi) is 5.84. The quantitative estimate of drug-likeness (QED) is 0.543. The molecule has 164 valence electrons. The number of ether oxygens (including phenoxy) is 1. The maximum Gasteiger partial charge on any atom is 0.573 e. The van der Waals surface area contributed by atoms with Crippen LogP contribution in [0.4, 0.5) is 18.9 Å². The van der Waals surface area contributed by atoms with Crippen molar-refractivity contribution in [1.29, 1.82) is 0 Å². The molecule has 0 amide bonds. The van der Waals surface area contributed by atoms with Crippen LogP contribution in [-0.4, -0.2) is 38.9 Å². The average molecular weight is 516 g/mol. The van der Waals surface area contributed by atoms with Crippen LogP contribution < -0.4 is 14.4 Å². The normalized spacial score (nSPS) is 17.3. The summed E-state index contributed by atoms with van der Waals surface area (Å²) in [5, 5.41) is 0.947. The number of fused-ring (bicyclic) bond motifs is 1. The van der Waals surface area contributed by atoms with Crippen molar-refractivity contribution in [2.24, 2.45) is 0 Å². The largest absolute Gasteiger partial charge is 0.573 e. The molecule has 1 aliphatic rings.